The molecule has 1 nitrogen and oxygen atoms in total. The fraction of sp³-hybridized carbons (Fsp3) is 0.0909. The Kier molecular flexibility index (Phi) is 3.68. The van der Waals surface area contributed by atoms with Crippen molar-refractivity contribution in [1.82, 2.24) is 0 Å². The Morgan fingerprint density at radius 1 is 1.12 bits per heavy atom. The monoisotopic (exact) mass is 293 g/mol. The summed E-state index contributed by atoms with van der Waals surface area (Å²) in [6.07, 6.45) is 0. The molecule has 1 heterocycles. The molecule has 0 fully saturated rings. The van der Waals surface area contributed by atoms with Gasteiger partial charge >= 0.3 is 0 Å². The minimum Gasteiger partial charge on any atom is -0.320 e. The van der Waals surface area contributed by atoms with E-state index in [0.717, 1.165) is 17.0 Å². The Morgan fingerprint density at radius 2 is 1.76 bits per heavy atom. The number of hydrogen-bond acceptors (Lipinski definition) is 2. The molecule has 2 rings (SSSR count). The van der Waals surface area contributed by atoms with Gasteiger partial charge in [0.15, 0.2) is 11.6 Å². The third kappa shape index (κ3) is 2.60. The van der Waals surface area contributed by atoms with Crippen LogP contribution in [-0.2, 0) is 0 Å². The zero-order valence-electron chi connectivity index (χ0n) is 8.38. The molecule has 2 aromatic rings. The average Bonchev–Trinajstić information content (AvgIpc) is 2.69. The highest BCUT2D eigenvalue weighted by atomic mass is 35.5. The van der Waals surface area contributed by atoms with Gasteiger partial charge in [-0.25, -0.2) is 8.78 Å². The number of halogens is 4. The maximum absolute atomic E-state index is 13.1. The van der Waals surface area contributed by atoms with Crippen molar-refractivity contribution in [3.8, 4) is 0 Å². The molecule has 1 atom stereocenters. The molecule has 2 N–H and O–H groups in total. The van der Waals surface area contributed by atoms with Gasteiger partial charge in [-0.15, -0.1) is 11.3 Å². The number of benzene rings is 1. The molecule has 0 aliphatic carbocycles. The molecule has 0 amide bonds. The molecule has 17 heavy (non-hydrogen) atoms. The van der Waals surface area contributed by atoms with E-state index in [1.54, 1.807) is 12.1 Å². The second-order valence-corrected chi connectivity index (χ2v) is 5.56. The van der Waals surface area contributed by atoms with E-state index in [4.69, 9.17) is 28.9 Å². The van der Waals surface area contributed by atoms with Crippen LogP contribution in [0.25, 0.3) is 0 Å². The van der Waals surface area contributed by atoms with E-state index < -0.39 is 17.7 Å². The summed E-state index contributed by atoms with van der Waals surface area (Å²) in [5, 5.41) is 0.0981. The Morgan fingerprint density at radius 3 is 2.35 bits per heavy atom. The standard InChI is InChI=1S/C11H7Cl2F2NS/c12-6-4-8(15)7(14)3-5(6)11(16)9-1-2-10(13)17-9/h1-4,11H,16H2. The number of thiophene rings is 1. The largest absolute Gasteiger partial charge is 0.320 e. The number of nitrogens with two attached hydrogens (primary N) is 1. The van der Waals surface area contributed by atoms with Crippen LogP contribution in [0.1, 0.15) is 16.5 Å². The Balaban J connectivity index is 2.43. The van der Waals surface area contributed by atoms with Crippen molar-refractivity contribution in [3.05, 3.63) is 55.7 Å². The zero-order valence-corrected chi connectivity index (χ0v) is 10.7. The first-order valence-electron chi connectivity index (χ1n) is 4.64. The molecule has 90 valence electrons. The van der Waals surface area contributed by atoms with Gasteiger partial charge in [0.05, 0.1) is 10.4 Å². The van der Waals surface area contributed by atoms with E-state index in [-0.39, 0.29) is 5.02 Å². The first-order chi connectivity index (χ1) is 7.99. The van der Waals surface area contributed by atoms with Crippen molar-refractivity contribution in [1.29, 1.82) is 0 Å². The smallest absolute Gasteiger partial charge is 0.160 e. The molecule has 1 unspecified atom stereocenters. The van der Waals surface area contributed by atoms with Crippen LogP contribution in [0.4, 0.5) is 8.78 Å². The first kappa shape index (κ1) is 12.8. The zero-order chi connectivity index (χ0) is 12.6. The third-order valence-corrected chi connectivity index (χ3v) is 3.92. The molecule has 0 saturated carbocycles. The van der Waals surface area contributed by atoms with Crippen molar-refractivity contribution in [2.24, 2.45) is 5.73 Å². The van der Waals surface area contributed by atoms with Crippen LogP contribution in [0.2, 0.25) is 9.36 Å². The minimum absolute atomic E-state index is 0.0981. The summed E-state index contributed by atoms with van der Waals surface area (Å²) in [5.74, 6) is -1.96. The lowest BCUT2D eigenvalue weighted by Crippen LogP contribution is -2.11. The SMILES string of the molecule is NC(c1ccc(Cl)s1)c1cc(F)c(F)cc1Cl. The lowest BCUT2D eigenvalue weighted by molar-refractivity contribution is 0.506. The van der Waals surface area contributed by atoms with Crippen LogP contribution in [0, 0.1) is 11.6 Å². The molecular weight excluding hydrogens is 287 g/mol. The highest BCUT2D eigenvalue weighted by molar-refractivity contribution is 7.16. The van der Waals surface area contributed by atoms with Crippen molar-refractivity contribution in [2.75, 3.05) is 0 Å². The van der Waals surface area contributed by atoms with E-state index in [9.17, 15) is 8.78 Å². The average molecular weight is 294 g/mol. The van der Waals surface area contributed by atoms with Gasteiger partial charge in [0.25, 0.3) is 0 Å². The lowest BCUT2D eigenvalue weighted by Gasteiger charge is -2.12. The molecule has 0 saturated heterocycles. The Hall–Kier alpha value is -0.680. The van der Waals surface area contributed by atoms with Gasteiger partial charge in [-0.3, -0.25) is 0 Å². The van der Waals surface area contributed by atoms with E-state index in [2.05, 4.69) is 0 Å². The third-order valence-electron chi connectivity index (χ3n) is 2.28. The van der Waals surface area contributed by atoms with Crippen LogP contribution in [-0.4, -0.2) is 0 Å². The van der Waals surface area contributed by atoms with Gasteiger partial charge in [-0.1, -0.05) is 23.2 Å². The fourth-order valence-corrected chi connectivity index (χ4v) is 2.77. The molecule has 0 bridgehead atoms. The molecule has 0 aliphatic rings. The second kappa shape index (κ2) is 4.90. The summed E-state index contributed by atoms with van der Waals surface area (Å²) >= 11 is 12.9. The predicted octanol–water partition coefficient (Wildman–Crippen LogP) is 4.38. The molecule has 1 aromatic heterocycles. The Labute approximate surface area is 111 Å². The molecule has 0 radical (unpaired) electrons. The van der Waals surface area contributed by atoms with Crippen molar-refractivity contribution in [2.45, 2.75) is 6.04 Å². The molecule has 0 spiro atoms. The van der Waals surface area contributed by atoms with Gasteiger partial charge in [-0.05, 0) is 29.8 Å². The maximum Gasteiger partial charge on any atom is 0.160 e. The van der Waals surface area contributed by atoms with Gasteiger partial charge < -0.3 is 5.73 Å². The van der Waals surface area contributed by atoms with Crippen LogP contribution < -0.4 is 5.73 Å². The quantitative estimate of drug-likeness (QED) is 0.817. The summed E-state index contributed by atoms with van der Waals surface area (Å²) in [7, 11) is 0. The first-order valence-corrected chi connectivity index (χ1v) is 6.21. The van der Waals surface area contributed by atoms with Gasteiger partial charge in [0, 0.05) is 9.90 Å². The van der Waals surface area contributed by atoms with E-state index in [1.807, 2.05) is 0 Å². The molecule has 1 aromatic carbocycles. The number of hydrogen-bond donors (Lipinski definition) is 1. The normalized spacial score (nSPS) is 12.8. The van der Waals surface area contributed by atoms with Crippen molar-refractivity contribution in [3.63, 3.8) is 0 Å². The van der Waals surface area contributed by atoms with Crippen LogP contribution in [0.5, 0.6) is 0 Å². The fourth-order valence-electron chi connectivity index (χ4n) is 1.42. The summed E-state index contributed by atoms with van der Waals surface area (Å²) in [6.45, 7) is 0. The predicted molar refractivity (Wildman–Crippen MR) is 66.7 cm³/mol. The van der Waals surface area contributed by atoms with E-state index >= 15 is 0 Å². The van der Waals surface area contributed by atoms with Gasteiger partial charge in [-0.2, -0.15) is 0 Å². The van der Waals surface area contributed by atoms with Crippen LogP contribution in [0.15, 0.2) is 24.3 Å². The van der Waals surface area contributed by atoms with Crippen molar-refractivity contribution < 1.29 is 8.78 Å². The van der Waals surface area contributed by atoms with E-state index in [1.165, 1.54) is 11.3 Å². The van der Waals surface area contributed by atoms with Gasteiger partial charge in [0.2, 0.25) is 0 Å². The maximum atomic E-state index is 13.1. The van der Waals surface area contributed by atoms with Gasteiger partial charge in [0.1, 0.15) is 0 Å². The highest BCUT2D eigenvalue weighted by Gasteiger charge is 2.17. The summed E-state index contributed by atoms with van der Waals surface area (Å²) in [4.78, 5) is 0.739. The summed E-state index contributed by atoms with van der Waals surface area (Å²) < 4.78 is 26.6. The van der Waals surface area contributed by atoms with E-state index in [0.29, 0.717) is 9.90 Å². The highest BCUT2D eigenvalue weighted by Crippen LogP contribution is 2.33. The number of rotatable bonds is 2. The second-order valence-electron chi connectivity index (χ2n) is 3.41. The lowest BCUT2D eigenvalue weighted by atomic mass is 10.1. The topological polar surface area (TPSA) is 26.0 Å². The minimum atomic E-state index is -0.991. The molecule has 6 heteroatoms. The van der Waals surface area contributed by atoms with Crippen molar-refractivity contribution >= 4 is 34.5 Å². The van der Waals surface area contributed by atoms with Crippen LogP contribution in [0.3, 0.4) is 0 Å². The molecular formula is C11H7Cl2F2NS. The molecule has 0 aliphatic heterocycles. The Bertz CT molecular complexity index is 556. The summed E-state index contributed by atoms with van der Waals surface area (Å²) in [5.41, 5.74) is 6.26. The summed E-state index contributed by atoms with van der Waals surface area (Å²) in [6, 6.07) is 4.73. The van der Waals surface area contributed by atoms with Crippen LogP contribution >= 0.6 is 34.5 Å².